The van der Waals surface area contributed by atoms with Crippen molar-refractivity contribution in [1.29, 1.82) is 0 Å². The highest BCUT2D eigenvalue weighted by atomic mass is 32.1. The number of rotatable bonds is 6. The molecule has 0 spiro atoms. The van der Waals surface area contributed by atoms with Gasteiger partial charge in [-0.3, -0.25) is 14.5 Å². The number of anilines is 3. The Morgan fingerprint density at radius 3 is 2.64 bits per heavy atom. The summed E-state index contributed by atoms with van der Waals surface area (Å²) in [4.78, 5) is 46.0. The number of carbonyl (C=O) groups excluding carboxylic acids is 3. The first-order valence-corrected chi connectivity index (χ1v) is 13.6. The van der Waals surface area contributed by atoms with E-state index in [9.17, 15) is 27.6 Å². The summed E-state index contributed by atoms with van der Waals surface area (Å²) in [5.74, 6) is -0.409. The number of nitrogens with zero attached hydrogens (tertiary/aromatic N) is 3. The molecule has 0 unspecified atom stereocenters. The molecule has 2 aliphatic heterocycles. The summed E-state index contributed by atoms with van der Waals surface area (Å²) in [6.45, 7) is 4.25. The van der Waals surface area contributed by atoms with Gasteiger partial charge in [-0.2, -0.15) is 13.2 Å². The van der Waals surface area contributed by atoms with E-state index < -0.39 is 29.4 Å². The Labute approximate surface area is 241 Å². The molecule has 42 heavy (non-hydrogen) atoms. The van der Waals surface area contributed by atoms with Crippen LogP contribution in [0, 0.1) is 0 Å². The van der Waals surface area contributed by atoms with E-state index in [0.717, 1.165) is 22.3 Å². The number of amides is 4. The zero-order chi connectivity index (χ0) is 29.6. The minimum absolute atomic E-state index is 0.0509. The molecule has 0 radical (unpaired) electrons. The standard InChI is InChI=1S/C29H22F3N5O4S/c1-2-22(38)36-13-11-16(15-36)34-26(39)25-24-23-21(10-12-33-27(23)42-25)37(28(40)35-24)20-9-8-18(14-19(20)29(30,31)32)41-17-6-4-3-5-7-17/h2-10,12,14,16H,1,11,13,15H2,(H,34,39)(H,35,40)/t16-/m1/s1. The number of likely N-dealkylation sites (tertiary alicyclic amines) is 1. The maximum Gasteiger partial charge on any atom is 0.418 e. The summed E-state index contributed by atoms with van der Waals surface area (Å²) in [5, 5.41) is 5.85. The third kappa shape index (κ3) is 4.91. The van der Waals surface area contributed by atoms with Crippen molar-refractivity contribution in [3.8, 4) is 11.5 Å². The van der Waals surface area contributed by atoms with Gasteiger partial charge < -0.3 is 20.3 Å². The van der Waals surface area contributed by atoms with E-state index in [2.05, 4.69) is 22.2 Å². The third-order valence-corrected chi connectivity index (χ3v) is 8.05. The Morgan fingerprint density at radius 2 is 1.90 bits per heavy atom. The lowest BCUT2D eigenvalue weighted by molar-refractivity contribution is -0.137. The maximum atomic E-state index is 14.3. The zero-order valence-electron chi connectivity index (χ0n) is 21.8. The summed E-state index contributed by atoms with van der Waals surface area (Å²) in [6, 6.07) is 12.0. The first-order chi connectivity index (χ1) is 20.1. The van der Waals surface area contributed by atoms with Gasteiger partial charge in [0.2, 0.25) is 5.91 Å². The summed E-state index contributed by atoms with van der Waals surface area (Å²) < 4.78 is 48.6. The topological polar surface area (TPSA) is 104 Å². The van der Waals surface area contributed by atoms with Crippen LogP contribution in [0.25, 0.3) is 10.2 Å². The fourth-order valence-electron chi connectivity index (χ4n) is 5.07. The average Bonchev–Trinajstić information content (AvgIpc) is 3.59. The van der Waals surface area contributed by atoms with E-state index in [1.807, 2.05) is 0 Å². The predicted octanol–water partition coefficient (Wildman–Crippen LogP) is 6.31. The van der Waals surface area contributed by atoms with Crippen molar-refractivity contribution in [3.63, 3.8) is 0 Å². The Balaban J connectivity index is 1.35. The Bertz CT molecular complexity index is 1740. The number of ether oxygens (including phenoxy) is 1. The van der Waals surface area contributed by atoms with Crippen molar-refractivity contribution in [2.24, 2.45) is 0 Å². The number of pyridine rings is 1. The van der Waals surface area contributed by atoms with Crippen LogP contribution in [0.1, 0.15) is 21.7 Å². The second-order valence-corrected chi connectivity index (χ2v) is 10.6. The third-order valence-electron chi connectivity index (χ3n) is 6.96. The molecule has 6 rings (SSSR count). The monoisotopic (exact) mass is 593 g/mol. The molecule has 0 aliphatic carbocycles. The molecule has 13 heteroatoms. The molecule has 1 saturated heterocycles. The van der Waals surface area contributed by atoms with Crippen LogP contribution in [-0.4, -0.2) is 46.9 Å². The number of nitrogens with one attached hydrogen (secondary N) is 2. The van der Waals surface area contributed by atoms with Crippen molar-refractivity contribution >= 4 is 56.5 Å². The fraction of sp³-hybridized carbons (Fsp3) is 0.172. The Hall–Kier alpha value is -4.91. The Morgan fingerprint density at radius 1 is 1.12 bits per heavy atom. The molecule has 1 fully saturated rings. The highest BCUT2D eigenvalue weighted by Crippen LogP contribution is 2.48. The quantitative estimate of drug-likeness (QED) is 0.255. The first kappa shape index (κ1) is 27.3. The minimum Gasteiger partial charge on any atom is -0.457 e. The second-order valence-electron chi connectivity index (χ2n) is 9.62. The summed E-state index contributed by atoms with van der Waals surface area (Å²) in [6.07, 6.45) is -1.69. The second kappa shape index (κ2) is 10.5. The van der Waals surface area contributed by atoms with E-state index >= 15 is 0 Å². The van der Waals surface area contributed by atoms with Crippen molar-refractivity contribution in [3.05, 3.63) is 83.9 Å². The normalized spacial score (nSPS) is 16.4. The maximum absolute atomic E-state index is 14.3. The number of benzene rings is 2. The molecule has 2 aromatic carbocycles. The molecule has 1 atom stereocenters. The van der Waals surface area contributed by atoms with Gasteiger partial charge in [0.05, 0.1) is 28.0 Å². The van der Waals surface area contributed by atoms with Crippen LogP contribution < -0.4 is 20.3 Å². The van der Waals surface area contributed by atoms with E-state index in [1.54, 1.807) is 35.2 Å². The number of para-hydroxylation sites is 1. The molecular weight excluding hydrogens is 571 g/mol. The minimum atomic E-state index is -4.82. The van der Waals surface area contributed by atoms with E-state index in [4.69, 9.17) is 4.74 Å². The van der Waals surface area contributed by atoms with Crippen molar-refractivity contribution < 1.29 is 32.3 Å². The van der Waals surface area contributed by atoms with Gasteiger partial charge in [-0.1, -0.05) is 24.8 Å². The lowest BCUT2D eigenvalue weighted by Crippen LogP contribution is -2.39. The molecular formula is C29H22F3N5O4S. The SMILES string of the molecule is C=CC(=O)N1CC[C@@H](NC(=O)c2sc3nccc4c3c2NC(=O)N4c2ccc(Oc3ccccc3)cc2C(F)(F)F)C1. The van der Waals surface area contributed by atoms with Gasteiger partial charge in [0.15, 0.2) is 0 Å². The fourth-order valence-corrected chi connectivity index (χ4v) is 6.09. The molecule has 214 valence electrons. The van der Waals surface area contributed by atoms with Gasteiger partial charge in [-0.05, 0) is 48.9 Å². The highest BCUT2D eigenvalue weighted by Gasteiger charge is 2.40. The van der Waals surface area contributed by atoms with Crippen molar-refractivity contribution in [2.45, 2.75) is 18.6 Å². The van der Waals surface area contributed by atoms with Gasteiger partial charge in [0, 0.05) is 25.3 Å². The van der Waals surface area contributed by atoms with Crippen molar-refractivity contribution in [2.75, 3.05) is 23.3 Å². The number of hydrogen-bond acceptors (Lipinski definition) is 6. The molecule has 9 nitrogen and oxygen atoms in total. The van der Waals surface area contributed by atoms with Crippen LogP contribution in [0.3, 0.4) is 0 Å². The average molecular weight is 594 g/mol. The molecule has 0 saturated carbocycles. The highest BCUT2D eigenvalue weighted by molar-refractivity contribution is 7.21. The van der Waals surface area contributed by atoms with Crippen LogP contribution in [0.15, 0.2) is 73.4 Å². The van der Waals surface area contributed by atoms with E-state index in [0.29, 0.717) is 35.5 Å². The molecule has 4 amide bonds. The number of urea groups is 1. The number of halogens is 3. The lowest BCUT2D eigenvalue weighted by atomic mass is 10.1. The number of alkyl halides is 3. The predicted molar refractivity (Wildman–Crippen MR) is 151 cm³/mol. The largest absolute Gasteiger partial charge is 0.457 e. The van der Waals surface area contributed by atoms with E-state index in [-0.39, 0.29) is 34.0 Å². The van der Waals surface area contributed by atoms with Gasteiger partial charge in [-0.15, -0.1) is 11.3 Å². The summed E-state index contributed by atoms with van der Waals surface area (Å²) in [5.41, 5.74) is -1.16. The number of aromatic nitrogens is 1. The first-order valence-electron chi connectivity index (χ1n) is 12.8. The molecule has 2 aromatic heterocycles. The van der Waals surface area contributed by atoms with Crippen LogP contribution in [0.2, 0.25) is 0 Å². The molecule has 2 aliphatic rings. The number of thiophene rings is 1. The zero-order valence-corrected chi connectivity index (χ0v) is 22.6. The molecule has 2 N–H and O–H groups in total. The Kier molecular flexibility index (Phi) is 6.81. The van der Waals surface area contributed by atoms with Gasteiger partial charge >= 0.3 is 12.2 Å². The molecule has 4 heterocycles. The van der Waals surface area contributed by atoms with Crippen LogP contribution in [0.5, 0.6) is 11.5 Å². The summed E-state index contributed by atoms with van der Waals surface area (Å²) >= 11 is 1.01. The number of carbonyl (C=O) groups is 3. The molecule has 4 aromatic rings. The van der Waals surface area contributed by atoms with Crippen LogP contribution >= 0.6 is 11.3 Å². The van der Waals surface area contributed by atoms with Crippen molar-refractivity contribution in [1.82, 2.24) is 15.2 Å². The number of hydrogen-bond donors (Lipinski definition) is 2. The van der Waals surface area contributed by atoms with Gasteiger partial charge in [-0.25, -0.2) is 9.78 Å². The lowest BCUT2D eigenvalue weighted by Gasteiger charge is -2.30. The van der Waals surface area contributed by atoms with Crippen LogP contribution in [0.4, 0.5) is 35.0 Å². The van der Waals surface area contributed by atoms with Gasteiger partial charge in [0.25, 0.3) is 5.91 Å². The van der Waals surface area contributed by atoms with Crippen LogP contribution in [-0.2, 0) is 11.0 Å². The molecule has 0 bridgehead atoms. The van der Waals surface area contributed by atoms with E-state index in [1.165, 1.54) is 30.5 Å². The summed E-state index contributed by atoms with van der Waals surface area (Å²) in [7, 11) is 0. The van der Waals surface area contributed by atoms with Gasteiger partial charge in [0.1, 0.15) is 21.2 Å². The smallest absolute Gasteiger partial charge is 0.418 e.